The maximum absolute atomic E-state index is 10.7. The van der Waals surface area contributed by atoms with Crippen LogP contribution in [0.4, 0.5) is 11.5 Å². The molecule has 2 N–H and O–H groups in total. The first-order valence-electron chi connectivity index (χ1n) is 6.61. The normalized spacial score (nSPS) is 18.0. The number of hydrogen-bond donors (Lipinski definition) is 2. The van der Waals surface area contributed by atoms with E-state index in [2.05, 4.69) is 20.6 Å². The SMILES string of the molecule is Cl.O=[N+]([O-])c1ccc2nc(NC3CCCNC3)cnc2c1. The van der Waals surface area contributed by atoms with Crippen molar-refractivity contribution in [2.24, 2.45) is 0 Å². The summed E-state index contributed by atoms with van der Waals surface area (Å²) in [7, 11) is 0. The summed E-state index contributed by atoms with van der Waals surface area (Å²) in [6, 6.07) is 4.87. The highest BCUT2D eigenvalue weighted by Gasteiger charge is 2.14. The Morgan fingerprint density at radius 1 is 1.38 bits per heavy atom. The smallest absolute Gasteiger partial charge is 0.271 e. The van der Waals surface area contributed by atoms with Gasteiger partial charge in [0.1, 0.15) is 5.82 Å². The maximum Gasteiger partial charge on any atom is 0.271 e. The van der Waals surface area contributed by atoms with Gasteiger partial charge in [-0.1, -0.05) is 0 Å². The molecule has 0 aliphatic carbocycles. The summed E-state index contributed by atoms with van der Waals surface area (Å²) in [5.41, 5.74) is 1.22. The van der Waals surface area contributed by atoms with Gasteiger partial charge in [0.2, 0.25) is 0 Å². The Balaban J connectivity index is 0.00000161. The maximum atomic E-state index is 10.7. The van der Waals surface area contributed by atoms with Gasteiger partial charge in [-0.25, -0.2) is 4.98 Å². The Kier molecular flexibility index (Phi) is 4.87. The van der Waals surface area contributed by atoms with Crippen molar-refractivity contribution in [2.45, 2.75) is 18.9 Å². The summed E-state index contributed by atoms with van der Waals surface area (Å²) in [6.07, 6.45) is 3.87. The van der Waals surface area contributed by atoms with Crippen molar-refractivity contribution in [1.82, 2.24) is 15.3 Å². The van der Waals surface area contributed by atoms with Crippen molar-refractivity contribution in [3.05, 3.63) is 34.5 Å². The van der Waals surface area contributed by atoms with E-state index in [0.29, 0.717) is 22.9 Å². The number of non-ortho nitro benzene ring substituents is 1. The zero-order valence-corrected chi connectivity index (χ0v) is 12.1. The fourth-order valence-electron chi connectivity index (χ4n) is 2.37. The molecular formula is C13H16ClN5O2. The lowest BCUT2D eigenvalue weighted by Gasteiger charge is -2.24. The molecule has 0 amide bonds. The van der Waals surface area contributed by atoms with Crippen LogP contribution in [0.5, 0.6) is 0 Å². The lowest BCUT2D eigenvalue weighted by atomic mass is 10.1. The van der Waals surface area contributed by atoms with Crippen molar-refractivity contribution in [1.29, 1.82) is 0 Å². The van der Waals surface area contributed by atoms with Gasteiger partial charge < -0.3 is 10.6 Å². The largest absolute Gasteiger partial charge is 0.365 e. The van der Waals surface area contributed by atoms with Crippen molar-refractivity contribution < 1.29 is 4.92 Å². The standard InChI is InChI=1S/C13H15N5O2.ClH/c19-18(20)10-3-4-11-12(6-10)15-8-13(17-11)16-9-2-1-5-14-7-9;/h3-4,6,8-9,14H,1-2,5,7H2,(H,16,17);1H. The Labute approximate surface area is 127 Å². The molecule has 7 nitrogen and oxygen atoms in total. The first kappa shape index (κ1) is 15.4. The molecule has 1 atom stereocenters. The third-order valence-corrected chi connectivity index (χ3v) is 3.39. The number of rotatable bonds is 3. The van der Waals surface area contributed by atoms with Gasteiger partial charge in [-0.15, -0.1) is 12.4 Å². The van der Waals surface area contributed by atoms with Crippen LogP contribution in [0.2, 0.25) is 0 Å². The Hall–Kier alpha value is -1.99. The number of nitrogens with one attached hydrogen (secondary N) is 2. The van der Waals surface area contributed by atoms with Crippen LogP contribution in [0, 0.1) is 10.1 Å². The molecule has 0 saturated carbocycles. The Bertz CT molecular complexity index is 645. The van der Waals surface area contributed by atoms with Crippen LogP contribution in [0.25, 0.3) is 11.0 Å². The number of halogens is 1. The number of nitro benzene ring substituents is 1. The van der Waals surface area contributed by atoms with Crippen LogP contribution in [0.3, 0.4) is 0 Å². The predicted molar refractivity (Wildman–Crippen MR) is 83.0 cm³/mol. The Morgan fingerprint density at radius 2 is 2.24 bits per heavy atom. The van der Waals surface area contributed by atoms with Gasteiger partial charge >= 0.3 is 0 Å². The van der Waals surface area contributed by atoms with E-state index in [4.69, 9.17) is 0 Å². The van der Waals surface area contributed by atoms with Crippen LogP contribution in [-0.2, 0) is 0 Å². The molecule has 2 aromatic rings. The molecule has 0 bridgehead atoms. The van der Waals surface area contributed by atoms with Crippen molar-refractivity contribution in [3.63, 3.8) is 0 Å². The van der Waals surface area contributed by atoms with Crippen molar-refractivity contribution in [3.8, 4) is 0 Å². The number of piperidine rings is 1. The van der Waals surface area contributed by atoms with Gasteiger partial charge in [0, 0.05) is 24.7 Å². The second kappa shape index (κ2) is 6.64. The van der Waals surface area contributed by atoms with Crippen molar-refractivity contribution in [2.75, 3.05) is 18.4 Å². The van der Waals surface area contributed by atoms with E-state index < -0.39 is 4.92 Å². The molecule has 3 rings (SSSR count). The summed E-state index contributed by atoms with van der Waals surface area (Å²) < 4.78 is 0. The second-order valence-corrected chi connectivity index (χ2v) is 4.87. The molecule has 1 fully saturated rings. The van der Waals surface area contributed by atoms with Gasteiger partial charge in [0.15, 0.2) is 0 Å². The molecule has 21 heavy (non-hydrogen) atoms. The van der Waals surface area contributed by atoms with Gasteiger partial charge in [-0.2, -0.15) is 0 Å². The van der Waals surface area contributed by atoms with Crippen LogP contribution in [-0.4, -0.2) is 34.0 Å². The zero-order valence-electron chi connectivity index (χ0n) is 11.3. The molecule has 1 aromatic carbocycles. The molecule has 8 heteroatoms. The van der Waals surface area contributed by atoms with E-state index in [1.807, 2.05) is 0 Å². The topological polar surface area (TPSA) is 93.0 Å². The lowest BCUT2D eigenvalue weighted by molar-refractivity contribution is -0.384. The summed E-state index contributed by atoms with van der Waals surface area (Å²) >= 11 is 0. The van der Waals surface area contributed by atoms with Gasteiger partial charge in [0.05, 0.1) is 22.2 Å². The monoisotopic (exact) mass is 309 g/mol. The molecule has 1 unspecified atom stereocenters. The quantitative estimate of drug-likeness (QED) is 0.666. The molecule has 1 aromatic heterocycles. The molecule has 1 aliphatic rings. The van der Waals surface area contributed by atoms with Crippen LogP contribution < -0.4 is 10.6 Å². The average molecular weight is 310 g/mol. The number of fused-ring (bicyclic) bond motifs is 1. The van der Waals surface area contributed by atoms with Gasteiger partial charge in [-0.3, -0.25) is 15.1 Å². The van der Waals surface area contributed by atoms with Crippen LogP contribution in [0.1, 0.15) is 12.8 Å². The summed E-state index contributed by atoms with van der Waals surface area (Å²) in [5, 5.41) is 17.4. The molecule has 112 valence electrons. The second-order valence-electron chi connectivity index (χ2n) is 4.87. The number of aromatic nitrogens is 2. The fraction of sp³-hybridized carbons (Fsp3) is 0.385. The highest BCUT2D eigenvalue weighted by molar-refractivity contribution is 5.85. The van der Waals surface area contributed by atoms with E-state index in [-0.39, 0.29) is 18.1 Å². The molecule has 0 radical (unpaired) electrons. The number of hydrogen-bond acceptors (Lipinski definition) is 6. The highest BCUT2D eigenvalue weighted by atomic mass is 35.5. The molecule has 0 spiro atoms. The van der Waals surface area contributed by atoms with Crippen LogP contribution >= 0.6 is 12.4 Å². The third-order valence-electron chi connectivity index (χ3n) is 3.39. The summed E-state index contributed by atoms with van der Waals surface area (Å²) in [4.78, 5) is 19.0. The first-order chi connectivity index (χ1) is 9.72. The average Bonchev–Trinajstić information content (AvgIpc) is 2.47. The van der Waals surface area contributed by atoms with E-state index in [1.54, 1.807) is 12.3 Å². The van der Waals surface area contributed by atoms with Gasteiger partial charge in [0.25, 0.3) is 5.69 Å². The number of benzene rings is 1. The number of nitrogens with zero attached hydrogens (tertiary/aromatic N) is 3. The van der Waals surface area contributed by atoms with E-state index in [9.17, 15) is 10.1 Å². The summed E-state index contributed by atoms with van der Waals surface area (Å²) in [5.74, 6) is 0.708. The summed E-state index contributed by atoms with van der Waals surface area (Å²) in [6.45, 7) is 1.98. The predicted octanol–water partition coefficient (Wildman–Crippen LogP) is 2.12. The fourth-order valence-corrected chi connectivity index (χ4v) is 2.37. The first-order valence-corrected chi connectivity index (χ1v) is 6.61. The van der Waals surface area contributed by atoms with Gasteiger partial charge in [-0.05, 0) is 25.5 Å². The number of anilines is 1. The Morgan fingerprint density at radius 3 is 2.95 bits per heavy atom. The van der Waals surface area contributed by atoms with Crippen LogP contribution in [0.15, 0.2) is 24.4 Å². The zero-order chi connectivity index (χ0) is 13.9. The van der Waals surface area contributed by atoms with E-state index >= 15 is 0 Å². The van der Waals surface area contributed by atoms with E-state index in [0.717, 1.165) is 25.9 Å². The molecule has 1 saturated heterocycles. The van der Waals surface area contributed by atoms with E-state index in [1.165, 1.54) is 12.1 Å². The molecule has 1 aliphatic heterocycles. The molecular weight excluding hydrogens is 294 g/mol. The highest BCUT2D eigenvalue weighted by Crippen LogP contribution is 2.19. The minimum atomic E-state index is -0.430. The minimum Gasteiger partial charge on any atom is -0.365 e. The number of nitro groups is 1. The third kappa shape index (κ3) is 3.56. The minimum absolute atomic E-state index is 0. The lowest BCUT2D eigenvalue weighted by Crippen LogP contribution is -2.38. The molecule has 2 heterocycles. The van der Waals surface area contributed by atoms with Crippen molar-refractivity contribution >= 4 is 34.9 Å².